The van der Waals surface area contributed by atoms with Crippen molar-refractivity contribution in [3.05, 3.63) is 70.6 Å². The summed E-state index contributed by atoms with van der Waals surface area (Å²) in [4.78, 5) is 12.3. The van der Waals surface area contributed by atoms with Gasteiger partial charge >= 0.3 is 0 Å². The molecule has 0 aliphatic heterocycles. The molecule has 1 heterocycles. The summed E-state index contributed by atoms with van der Waals surface area (Å²) < 4.78 is 67.4. The molecule has 34 heavy (non-hydrogen) atoms. The average Bonchev–Trinajstić information content (AvgIpc) is 3.61. The molecule has 0 spiro atoms. The quantitative estimate of drug-likeness (QED) is 0.471. The van der Waals surface area contributed by atoms with E-state index >= 15 is 0 Å². The third kappa shape index (κ3) is 5.56. The van der Waals surface area contributed by atoms with E-state index in [2.05, 4.69) is 4.72 Å². The first-order chi connectivity index (χ1) is 16.1. The fourth-order valence-corrected chi connectivity index (χ4v) is 3.88. The second-order valence-electron chi connectivity index (χ2n) is 8.15. The van der Waals surface area contributed by atoms with Crippen molar-refractivity contribution < 1.29 is 26.7 Å². The average molecular weight is 491 g/mol. The van der Waals surface area contributed by atoms with Crippen LogP contribution in [0.4, 0.5) is 14.5 Å². The summed E-state index contributed by atoms with van der Waals surface area (Å²) in [6, 6.07) is 8.75. The summed E-state index contributed by atoms with van der Waals surface area (Å²) >= 11 is 0. The zero-order valence-corrected chi connectivity index (χ0v) is 19.5. The molecule has 3 aromatic rings. The predicted octanol–water partition coefficient (Wildman–Crippen LogP) is 4.67. The van der Waals surface area contributed by atoms with Gasteiger partial charge in [-0.15, -0.1) is 0 Å². The Labute approximate surface area is 196 Å². The van der Waals surface area contributed by atoms with E-state index < -0.39 is 21.7 Å². The van der Waals surface area contributed by atoms with Gasteiger partial charge in [0.2, 0.25) is 10.0 Å². The highest BCUT2D eigenvalue weighted by molar-refractivity contribution is 7.92. The maximum absolute atomic E-state index is 14.3. The molecule has 1 aromatic heterocycles. The topological polar surface area (TPSA) is 86.6 Å². The lowest BCUT2D eigenvalue weighted by Crippen LogP contribution is -2.17. The molecule has 1 aliphatic carbocycles. The van der Waals surface area contributed by atoms with Crippen molar-refractivity contribution in [1.82, 2.24) is 4.57 Å². The molecule has 180 valence electrons. The van der Waals surface area contributed by atoms with Crippen LogP contribution in [0.2, 0.25) is 0 Å². The van der Waals surface area contributed by atoms with E-state index in [0.717, 1.165) is 25.0 Å². The molecule has 2 aromatic carbocycles. The smallest absolute Gasteiger partial charge is 0.254 e. The number of ether oxygens (including phenoxy) is 2. The number of pyridine rings is 1. The molecule has 1 fully saturated rings. The molecule has 1 saturated carbocycles. The van der Waals surface area contributed by atoms with Crippen molar-refractivity contribution in [3.63, 3.8) is 0 Å². The van der Waals surface area contributed by atoms with Gasteiger partial charge in [-0.05, 0) is 56.0 Å². The third-order valence-corrected chi connectivity index (χ3v) is 6.71. The highest BCUT2D eigenvalue weighted by atomic mass is 32.2. The molecule has 7 nitrogen and oxygen atoms in total. The lowest BCUT2D eigenvalue weighted by Gasteiger charge is -2.18. The molecule has 1 aliphatic rings. The van der Waals surface area contributed by atoms with Crippen molar-refractivity contribution in [3.8, 4) is 28.4 Å². The van der Waals surface area contributed by atoms with Gasteiger partial charge in [0.25, 0.3) is 5.56 Å². The minimum Gasteiger partial charge on any atom is -0.492 e. The van der Waals surface area contributed by atoms with Gasteiger partial charge in [-0.1, -0.05) is 0 Å². The van der Waals surface area contributed by atoms with Crippen molar-refractivity contribution in [1.29, 1.82) is 0 Å². The fraction of sp³-hybridized carbons (Fsp3) is 0.292. The fourth-order valence-electron chi connectivity index (χ4n) is 3.25. The number of nitrogens with zero attached hydrogens (tertiary/aromatic N) is 1. The van der Waals surface area contributed by atoms with Gasteiger partial charge in [0.1, 0.15) is 17.3 Å². The number of aryl methyl sites for hydroxylation is 1. The Bertz CT molecular complexity index is 1380. The Morgan fingerprint density at radius 2 is 1.76 bits per heavy atom. The number of halogens is 2. The molecule has 10 heteroatoms. The van der Waals surface area contributed by atoms with Crippen LogP contribution in [0.3, 0.4) is 0 Å². The Balaban J connectivity index is 1.83. The highest BCUT2D eigenvalue weighted by Gasteiger charge is 2.24. The van der Waals surface area contributed by atoms with E-state index in [1.165, 1.54) is 35.8 Å². The Morgan fingerprint density at radius 1 is 1.03 bits per heavy atom. The monoisotopic (exact) mass is 490 g/mol. The molecule has 0 radical (unpaired) electrons. The highest BCUT2D eigenvalue weighted by Crippen LogP contribution is 2.41. The minimum absolute atomic E-state index is 0.128. The maximum Gasteiger partial charge on any atom is 0.254 e. The molecule has 4 rings (SSSR count). The Kier molecular flexibility index (Phi) is 6.60. The Hall–Kier alpha value is -3.40. The molecule has 0 atom stereocenters. The Morgan fingerprint density at radius 3 is 2.44 bits per heavy atom. The van der Waals surface area contributed by atoms with Crippen molar-refractivity contribution in [2.24, 2.45) is 13.0 Å². The molecule has 0 bridgehead atoms. The number of benzene rings is 2. The van der Waals surface area contributed by atoms with Gasteiger partial charge < -0.3 is 14.0 Å². The van der Waals surface area contributed by atoms with Gasteiger partial charge in [-0.2, -0.15) is 0 Å². The number of anilines is 1. The molecular formula is C24H24F2N2O5S. The van der Waals surface area contributed by atoms with Crippen LogP contribution in [-0.2, 0) is 17.1 Å². The van der Waals surface area contributed by atoms with Gasteiger partial charge in [0.05, 0.1) is 12.4 Å². The molecule has 0 saturated heterocycles. The van der Waals surface area contributed by atoms with Crippen molar-refractivity contribution >= 4 is 15.7 Å². The summed E-state index contributed by atoms with van der Waals surface area (Å²) in [5.74, 6) is -1.10. The van der Waals surface area contributed by atoms with E-state index in [4.69, 9.17) is 9.47 Å². The van der Waals surface area contributed by atoms with Crippen LogP contribution < -0.4 is 19.8 Å². The predicted molar refractivity (Wildman–Crippen MR) is 125 cm³/mol. The maximum atomic E-state index is 14.3. The summed E-state index contributed by atoms with van der Waals surface area (Å²) in [6.07, 6.45) is 3.64. The lowest BCUT2D eigenvalue weighted by molar-refractivity contribution is 0.300. The number of hydrogen-bond acceptors (Lipinski definition) is 5. The summed E-state index contributed by atoms with van der Waals surface area (Å²) in [5.41, 5.74) is 0.787. The third-order valence-electron chi connectivity index (χ3n) is 5.40. The molecule has 1 N–H and O–H groups in total. The van der Waals surface area contributed by atoms with E-state index in [1.54, 1.807) is 13.2 Å². The molecular weight excluding hydrogens is 466 g/mol. The molecule has 0 unspecified atom stereocenters. The van der Waals surface area contributed by atoms with E-state index in [1.807, 2.05) is 0 Å². The summed E-state index contributed by atoms with van der Waals surface area (Å²) in [7, 11) is -2.00. The van der Waals surface area contributed by atoms with Gasteiger partial charge in [0, 0.05) is 42.2 Å². The minimum atomic E-state index is -3.57. The van der Waals surface area contributed by atoms with Crippen LogP contribution in [0.25, 0.3) is 11.1 Å². The van der Waals surface area contributed by atoms with E-state index in [9.17, 15) is 22.0 Å². The number of nitrogens with one attached hydrogen (secondary N) is 1. The van der Waals surface area contributed by atoms with Crippen molar-refractivity contribution in [2.75, 3.05) is 17.1 Å². The first kappa shape index (κ1) is 23.7. The van der Waals surface area contributed by atoms with Crippen LogP contribution in [0.15, 0.2) is 53.5 Å². The van der Waals surface area contributed by atoms with Gasteiger partial charge in [0.15, 0.2) is 11.6 Å². The van der Waals surface area contributed by atoms with Crippen LogP contribution >= 0.6 is 0 Å². The standard InChI is InChI=1S/C24H24F2N2O5S/c1-3-34(30,31)27-17-7-9-21(33-22-8-6-16(25)10-20(22)26)18(11-17)19-13-28(2)24(29)12-23(19)32-14-15-4-5-15/h6-13,15,27H,3-5,14H2,1-2H3. The number of aromatic nitrogens is 1. The SMILES string of the molecule is CCS(=O)(=O)Nc1ccc(Oc2ccc(F)cc2F)c(-c2cn(C)c(=O)cc2OCC2CC2)c1. The second kappa shape index (κ2) is 9.46. The van der Waals surface area contributed by atoms with Crippen LogP contribution in [-0.4, -0.2) is 25.3 Å². The normalized spacial score (nSPS) is 13.5. The zero-order valence-electron chi connectivity index (χ0n) is 18.7. The van der Waals surface area contributed by atoms with Crippen LogP contribution in [0, 0.1) is 17.6 Å². The first-order valence-electron chi connectivity index (χ1n) is 10.8. The number of sulfonamides is 1. The number of rotatable bonds is 9. The van der Waals surface area contributed by atoms with Crippen LogP contribution in [0.1, 0.15) is 19.8 Å². The van der Waals surface area contributed by atoms with Crippen molar-refractivity contribution in [2.45, 2.75) is 19.8 Å². The van der Waals surface area contributed by atoms with E-state index in [0.29, 0.717) is 35.5 Å². The molecule has 0 amide bonds. The first-order valence-corrected chi connectivity index (χ1v) is 12.4. The van der Waals surface area contributed by atoms with E-state index in [-0.39, 0.29) is 28.5 Å². The second-order valence-corrected chi connectivity index (χ2v) is 10.2. The van der Waals surface area contributed by atoms with Gasteiger partial charge in [-0.25, -0.2) is 17.2 Å². The lowest BCUT2D eigenvalue weighted by atomic mass is 10.0. The largest absolute Gasteiger partial charge is 0.492 e. The zero-order chi connectivity index (χ0) is 24.5. The van der Waals surface area contributed by atoms with Gasteiger partial charge in [-0.3, -0.25) is 9.52 Å². The summed E-state index contributed by atoms with van der Waals surface area (Å²) in [5, 5.41) is 0. The number of hydrogen-bond donors (Lipinski definition) is 1. The summed E-state index contributed by atoms with van der Waals surface area (Å²) in [6.45, 7) is 1.94. The van der Waals surface area contributed by atoms with Crippen LogP contribution in [0.5, 0.6) is 17.2 Å².